The molecule has 2 aromatic heterocycles. The average Bonchev–Trinajstić information content (AvgIpc) is 3.92. The Hall–Kier alpha value is -4.74. The van der Waals surface area contributed by atoms with Crippen LogP contribution in [0.5, 0.6) is 5.75 Å². The number of imidazole rings is 1. The molecule has 4 fully saturated rings. The van der Waals surface area contributed by atoms with Gasteiger partial charge < -0.3 is 25.0 Å². The van der Waals surface area contributed by atoms with Crippen LogP contribution >= 0.6 is 0 Å². The summed E-state index contributed by atoms with van der Waals surface area (Å²) in [5.41, 5.74) is -2.91. The molecule has 1 saturated heterocycles. The molecule has 0 aromatic carbocycles. The van der Waals surface area contributed by atoms with Gasteiger partial charge in [-0.1, -0.05) is 26.8 Å². The molecule has 6 rings (SSSR count). The minimum atomic E-state index is -3.93. The molecule has 4 amide bonds. The van der Waals surface area contributed by atoms with Crippen molar-refractivity contribution >= 4 is 33.8 Å². The Balaban J connectivity index is 1.33. The summed E-state index contributed by atoms with van der Waals surface area (Å²) in [6, 6.07) is -3.23. The second kappa shape index (κ2) is 13.4. The highest BCUT2D eigenvalue weighted by molar-refractivity contribution is 7.91. The van der Waals surface area contributed by atoms with Gasteiger partial charge in [-0.05, 0) is 43.9 Å². The van der Waals surface area contributed by atoms with E-state index in [9.17, 15) is 32.4 Å². The highest BCUT2D eigenvalue weighted by Crippen LogP contribution is 2.46. The highest BCUT2D eigenvalue weighted by atomic mass is 32.2. The lowest BCUT2D eigenvalue weighted by Crippen LogP contribution is -2.60. The fourth-order valence-corrected chi connectivity index (χ4v) is 7.95. The van der Waals surface area contributed by atoms with Gasteiger partial charge in [0, 0.05) is 31.3 Å². The van der Waals surface area contributed by atoms with E-state index in [-0.39, 0.29) is 36.9 Å². The lowest BCUT2D eigenvalue weighted by atomic mass is 9.85. The number of sulfonamides is 1. The topological polar surface area (TPSA) is 213 Å². The molecule has 3 heterocycles. The van der Waals surface area contributed by atoms with Crippen molar-refractivity contribution in [2.24, 2.45) is 11.3 Å². The molecule has 0 spiro atoms. The summed E-state index contributed by atoms with van der Waals surface area (Å²) in [5, 5.41) is 9.10. The van der Waals surface area contributed by atoms with E-state index in [1.54, 1.807) is 27.0 Å². The second-order valence-corrected chi connectivity index (χ2v) is 16.7. The molecular weight excluding hydrogens is 684 g/mol. The van der Waals surface area contributed by atoms with Gasteiger partial charge in [-0.3, -0.25) is 28.5 Å². The Bertz CT molecular complexity index is 1880. The number of amides is 4. The predicted octanol–water partition coefficient (Wildman–Crippen LogP) is 0.942. The smallest absolute Gasteiger partial charge is 0.408 e. The Morgan fingerprint density at radius 3 is 2.43 bits per heavy atom. The third-order valence-electron chi connectivity index (χ3n) is 10.1. The number of nitrogens with one attached hydrogen (secondary N) is 3. The number of methoxy groups -OCH3 is 1. The monoisotopic (exact) mass is 728 g/mol. The van der Waals surface area contributed by atoms with Gasteiger partial charge in [0.05, 0.1) is 30.9 Å². The van der Waals surface area contributed by atoms with Crippen molar-refractivity contribution in [2.45, 2.75) is 101 Å². The van der Waals surface area contributed by atoms with Crippen LogP contribution in [0, 0.1) is 11.3 Å². The van der Waals surface area contributed by atoms with Gasteiger partial charge in [0.1, 0.15) is 23.7 Å². The first-order valence-electron chi connectivity index (χ1n) is 17.0. The van der Waals surface area contributed by atoms with E-state index in [1.807, 2.05) is 0 Å². The number of carbonyl (C=O) groups excluding carboxylic acids is 4. The SMILES string of the molecule is C=C[C@@H]1C[C@]1(NC(=O)[C@@H]1C[C@@H](n2ncc(OC)c(-n3ccnc3)c2=O)CN1C(=O)[C@@H](NC(=O)OC1CCC1)C(C)(C)C)C(=O)NS(=O)(=O)C1CC1. The second-order valence-electron chi connectivity index (χ2n) is 14.8. The van der Waals surface area contributed by atoms with Crippen LogP contribution in [0.1, 0.15) is 71.8 Å². The highest BCUT2D eigenvalue weighted by Gasteiger charge is 2.62. The van der Waals surface area contributed by atoms with Crippen molar-refractivity contribution in [3.05, 3.63) is 47.9 Å². The summed E-state index contributed by atoms with van der Waals surface area (Å²) in [6.07, 6.45) is 9.56. The maximum absolute atomic E-state index is 14.5. The van der Waals surface area contributed by atoms with Crippen molar-refractivity contribution in [1.82, 2.24) is 39.6 Å². The number of ether oxygens (including phenoxy) is 2. The molecule has 3 saturated carbocycles. The van der Waals surface area contributed by atoms with Gasteiger partial charge in [0.2, 0.25) is 21.8 Å². The third-order valence-corrected chi connectivity index (χ3v) is 11.9. The largest absolute Gasteiger partial charge is 0.493 e. The molecule has 3 N–H and O–H groups in total. The molecule has 3 aliphatic carbocycles. The summed E-state index contributed by atoms with van der Waals surface area (Å²) in [6.45, 7) is 8.86. The molecule has 51 heavy (non-hydrogen) atoms. The summed E-state index contributed by atoms with van der Waals surface area (Å²) in [5.74, 6) is -2.62. The number of carbonyl (C=O) groups is 4. The quantitative estimate of drug-likeness (QED) is 0.262. The lowest BCUT2D eigenvalue weighted by molar-refractivity contribution is -0.142. The molecule has 17 nitrogen and oxygen atoms in total. The zero-order chi connectivity index (χ0) is 36.9. The molecule has 2 aromatic rings. The molecule has 18 heteroatoms. The molecule has 0 radical (unpaired) electrons. The molecule has 1 aliphatic heterocycles. The van der Waals surface area contributed by atoms with Crippen molar-refractivity contribution in [3.8, 4) is 11.4 Å². The average molecular weight is 729 g/mol. The molecule has 276 valence electrons. The van der Waals surface area contributed by atoms with Crippen molar-refractivity contribution < 1.29 is 37.1 Å². The number of alkyl carbamates (subject to hydrolysis) is 1. The van der Waals surface area contributed by atoms with Gasteiger partial charge in [-0.15, -0.1) is 6.58 Å². The van der Waals surface area contributed by atoms with E-state index >= 15 is 0 Å². The first kappa shape index (κ1) is 36.1. The maximum atomic E-state index is 14.5. The normalized spacial score (nSPS) is 25.3. The zero-order valence-corrected chi connectivity index (χ0v) is 29.8. The van der Waals surface area contributed by atoms with Crippen LogP contribution in [0.3, 0.4) is 0 Å². The minimum Gasteiger partial charge on any atom is -0.493 e. The molecular formula is C33H44N8O9S. The van der Waals surface area contributed by atoms with Crippen LogP contribution in [0.25, 0.3) is 5.69 Å². The molecule has 0 bridgehead atoms. The van der Waals surface area contributed by atoms with Crippen LogP contribution in [0.2, 0.25) is 0 Å². The van der Waals surface area contributed by atoms with Gasteiger partial charge >= 0.3 is 6.09 Å². The predicted molar refractivity (Wildman–Crippen MR) is 181 cm³/mol. The summed E-state index contributed by atoms with van der Waals surface area (Å²) in [7, 11) is -2.54. The first-order valence-corrected chi connectivity index (χ1v) is 18.6. The number of hydrogen-bond acceptors (Lipinski definition) is 11. The Morgan fingerprint density at radius 1 is 1.16 bits per heavy atom. The summed E-state index contributed by atoms with van der Waals surface area (Å²) >= 11 is 0. The lowest BCUT2D eigenvalue weighted by Gasteiger charge is -2.36. The molecule has 4 aliphatic rings. The molecule has 0 unspecified atom stereocenters. The minimum absolute atomic E-state index is 0.0968. The zero-order valence-electron chi connectivity index (χ0n) is 29.0. The number of nitrogens with zero attached hydrogens (tertiary/aromatic N) is 5. The fraction of sp³-hybridized carbons (Fsp3) is 0.606. The van der Waals surface area contributed by atoms with E-state index in [2.05, 4.69) is 32.0 Å². The number of hydrogen-bond donors (Lipinski definition) is 3. The summed E-state index contributed by atoms with van der Waals surface area (Å²) in [4.78, 5) is 74.4. The maximum Gasteiger partial charge on any atom is 0.408 e. The van der Waals surface area contributed by atoms with E-state index in [4.69, 9.17) is 9.47 Å². The third kappa shape index (κ3) is 7.10. The van der Waals surface area contributed by atoms with Gasteiger partial charge in [0.25, 0.3) is 11.5 Å². The van der Waals surface area contributed by atoms with E-state index < -0.39 is 79.6 Å². The van der Waals surface area contributed by atoms with Crippen LogP contribution < -0.4 is 25.7 Å². The summed E-state index contributed by atoms with van der Waals surface area (Å²) < 4.78 is 41.0. The number of rotatable bonds is 12. The number of likely N-dealkylation sites (tertiary alicyclic amines) is 1. The van der Waals surface area contributed by atoms with E-state index in [1.165, 1.54) is 46.1 Å². The van der Waals surface area contributed by atoms with Crippen molar-refractivity contribution in [1.29, 1.82) is 0 Å². The van der Waals surface area contributed by atoms with Crippen LogP contribution in [0.4, 0.5) is 4.79 Å². The Labute approximate surface area is 295 Å². The van der Waals surface area contributed by atoms with E-state index in [0.717, 1.165) is 19.3 Å². The van der Waals surface area contributed by atoms with Crippen LogP contribution in [-0.2, 0) is 29.1 Å². The number of aromatic nitrogens is 4. The van der Waals surface area contributed by atoms with E-state index in [0.29, 0.717) is 12.8 Å². The van der Waals surface area contributed by atoms with Gasteiger partial charge in [-0.2, -0.15) is 5.10 Å². The first-order chi connectivity index (χ1) is 24.1. The van der Waals surface area contributed by atoms with Gasteiger partial charge in [-0.25, -0.2) is 22.9 Å². The van der Waals surface area contributed by atoms with Crippen LogP contribution in [-0.4, -0.2) is 99.1 Å². The molecule has 5 atom stereocenters. The van der Waals surface area contributed by atoms with Crippen LogP contribution in [0.15, 0.2) is 42.4 Å². The van der Waals surface area contributed by atoms with Gasteiger partial charge in [0.15, 0.2) is 11.4 Å². The standard InChI is InChI=1S/C33H44N8O9S/c1-6-19-15-33(19,30(45)38-51(47,48)22-10-11-22)37-27(42)23-14-20(41-28(43)25(24(49-5)16-35-41)39-13-12-34-18-39)17-40(23)29(44)26(32(2,3)4)36-31(46)50-21-8-7-9-21/h6,12-13,16,18-23,26H,1,7-11,14-15,17H2,2-5H3,(H,36,46)(H,37,42)(H,38,45)/t19-,20-,23+,26-,33-/m1/s1. The van der Waals surface area contributed by atoms with Crippen molar-refractivity contribution in [3.63, 3.8) is 0 Å². The van der Waals surface area contributed by atoms with Crippen molar-refractivity contribution in [2.75, 3.05) is 13.7 Å². The Kier molecular flexibility index (Phi) is 9.49. The Morgan fingerprint density at radius 2 is 1.88 bits per heavy atom. The fourth-order valence-electron chi connectivity index (χ4n) is 6.59.